The number of urea groups is 1. The average molecular weight is 426 g/mol. The van der Waals surface area contributed by atoms with Crippen LogP contribution in [0.1, 0.15) is 17.3 Å². The molecule has 3 amide bonds. The van der Waals surface area contributed by atoms with Crippen LogP contribution in [0, 0.1) is 0 Å². The van der Waals surface area contributed by atoms with Gasteiger partial charge in [0, 0.05) is 36.6 Å². The Balaban J connectivity index is 1.47. The molecule has 1 fully saturated rings. The number of carbonyl (C=O) groups is 2. The molecule has 0 bridgehead atoms. The van der Waals surface area contributed by atoms with Crippen LogP contribution in [0.4, 0.5) is 16.2 Å². The van der Waals surface area contributed by atoms with Gasteiger partial charge in [0.2, 0.25) is 0 Å². The molecular formula is C24H22N6O2. The van der Waals surface area contributed by atoms with Crippen LogP contribution in [0.3, 0.4) is 0 Å². The summed E-state index contributed by atoms with van der Waals surface area (Å²) in [5.41, 5.74) is 4.27. The summed E-state index contributed by atoms with van der Waals surface area (Å²) in [4.78, 5) is 31.5. The Morgan fingerprint density at radius 2 is 1.91 bits per heavy atom. The number of aromatic nitrogens is 3. The highest BCUT2D eigenvalue weighted by Crippen LogP contribution is 2.26. The van der Waals surface area contributed by atoms with Crippen molar-refractivity contribution in [2.45, 2.75) is 13.5 Å². The maximum Gasteiger partial charge on any atom is 0.321 e. The van der Waals surface area contributed by atoms with E-state index < -0.39 is 0 Å². The van der Waals surface area contributed by atoms with Crippen LogP contribution in [0.15, 0.2) is 66.9 Å². The minimum absolute atomic E-state index is 0.109. The molecule has 0 saturated carbocycles. The van der Waals surface area contributed by atoms with E-state index in [4.69, 9.17) is 4.98 Å². The average Bonchev–Trinajstić information content (AvgIpc) is 3.45. The van der Waals surface area contributed by atoms with Gasteiger partial charge < -0.3 is 10.6 Å². The van der Waals surface area contributed by atoms with Crippen LogP contribution in [-0.4, -0.2) is 39.8 Å². The topological polar surface area (TPSA) is 92.2 Å². The van der Waals surface area contributed by atoms with Crippen molar-refractivity contribution in [1.29, 1.82) is 0 Å². The zero-order valence-electron chi connectivity index (χ0n) is 17.6. The molecule has 0 unspecified atom stereocenters. The van der Waals surface area contributed by atoms with E-state index in [1.54, 1.807) is 34.0 Å². The number of benzene rings is 2. The van der Waals surface area contributed by atoms with Crippen molar-refractivity contribution in [2.75, 3.05) is 23.3 Å². The van der Waals surface area contributed by atoms with Crippen LogP contribution >= 0.6 is 0 Å². The highest BCUT2D eigenvalue weighted by atomic mass is 16.2. The van der Waals surface area contributed by atoms with Crippen LogP contribution in [0.2, 0.25) is 0 Å². The predicted molar refractivity (Wildman–Crippen MR) is 124 cm³/mol. The number of anilines is 2. The van der Waals surface area contributed by atoms with Gasteiger partial charge in [-0.3, -0.25) is 9.69 Å². The van der Waals surface area contributed by atoms with Gasteiger partial charge in [0.1, 0.15) is 0 Å². The van der Waals surface area contributed by atoms with Crippen molar-refractivity contribution in [3.8, 4) is 11.3 Å². The molecule has 0 radical (unpaired) electrons. The summed E-state index contributed by atoms with van der Waals surface area (Å²) in [6, 6.07) is 18.7. The lowest BCUT2D eigenvalue weighted by Gasteiger charge is -2.15. The second-order valence-corrected chi connectivity index (χ2v) is 7.50. The lowest BCUT2D eigenvalue weighted by Crippen LogP contribution is -2.27. The number of rotatable bonds is 5. The summed E-state index contributed by atoms with van der Waals surface area (Å²) in [6.07, 6.45) is 1.69. The molecule has 2 N–H and O–H groups in total. The van der Waals surface area contributed by atoms with Crippen molar-refractivity contribution in [2.24, 2.45) is 0 Å². The maximum atomic E-state index is 13.3. The largest absolute Gasteiger partial charge is 0.336 e. The van der Waals surface area contributed by atoms with Crippen LogP contribution in [0.5, 0.6) is 0 Å². The third-order valence-corrected chi connectivity index (χ3v) is 5.52. The highest BCUT2D eigenvalue weighted by Gasteiger charge is 2.21. The molecule has 0 aliphatic carbocycles. The molecule has 4 aromatic rings. The van der Waals surface area contributed by atoms with Crippen molar-refractivity contribution in [1.82, 2.24) is 20.1 Å². The number of nitrogens with one attached hydrogen (secondary N) is 2. The van der Waals surface area contributed by atoms with Gasteiger partial charge in [-0.15, -0.1) is 0 Å². The molecule has 2 aromatic heterocycles. The quantitative estimate of drug-likeness (QED) is 0.506. The smallest absolute Gasteiger partial charge is 0.321 e. The fraction of sp³-hybridized carbons (Fsp3) is 0.167. The van der Waals surface area contributed by atoms with Crippen LogP contribution in [0.25, 0.3) is 22.3 Å². The van der Waals surface area contributed by atoms with Crippen molar-refractivity contribution in [3.05, 3.63) is 72.4 Å². The maximum absolute atomic E-state index is 13.3. The molecule has 1 aliphatic rings. The number of hydrogen-bond acceptors (Lipinski definition) is 4. The van der Waals surface area contributed by atoms with E-state index in [2.05, 4.69) is 15.7 Å². The van der Waals surface area contributed by atoms with Gasteiger partial charge in [-0.05, 0) is 37.3 Å². The number of carbonyl (C=O) groups excluding carboxylic acids is 2. The Bertz CT molecular complexity index is 1300. The molecule has 160 valence electrons. The van der Waals surface area contributed by atoms with Crippen molar-refractivity contribution >= 4 is 34.3 Å². The van der Waals surface area contributed by atoms with E-state index in [0.29, 0.717) is 47.6 Å². The number of hydrogen-bond donors (Lipinski definition) is 2. The molecule has 8 nitrogen and oxygen atoms in total. The van der Waals surface area contributed by atoms with Crippen molar-refractivity contribution < 1.29 is 9.59 Å². The standard InChI is InChI=1S/C24H22N6O2/c1-2-30-22-20(15-26-30)19(14-21(28-22)16-6-4-3-5-7-16)23(31)27-17-8-10-18(11-9-17)29-13-12-25-24(29)32/h3-11,14-15H,2,12-13H2,1H3,(H,25,32)(H,27,31). The Morgan fingerprint density at radius 3 is 2.59 bits per heavy atom. The van der Waals surface area contributed by atoms with Gasteiger partial charge >= 0.3 is 6.03 Å². The third-order valence-electron chi connectivity index (χ3n) is 5.52. The van der Waals surface area contributed by atoms with E-state index in [1.165, 1.54) is 0 Å². The normalized spacial score (nSPS) is 13.4. The number of fused-ring (bicyclic) bond motifs is 1. The number of amides is 3. The first kappa shape index (κ1) is 19.7. The monoisotopic (exact) mass is 426 g/mol. The minimum Gasteiger partial charge on any atom is -0.336 e. The summed E-state index contributed by atoms with van der Waals surface area (Å²) >= 11 is 0. The molecule has 1 aliphatic heterocycles. The Labute approximate surface area is 184 Å². The van der Waals surface area contributed by atoms with Gasteiger partial charge in [-0.25, -0.2) is 14.5 Å². The summed E-state index contributed by atoms with van der Waals surface area (Å²) < 4.78 is 1.79. The SMILES string of the molecule is CCn1ncc2c(C(=O)Nc3ccc(N4CCNC4=O)cc3)cc(-c3ccccc3)nc21. The van der Waals surface area contributed by atoms with Crippen LogP contribution in [-0.2, 0) is 6.54 Å². The zero-order valence-corrected chi connectivity index (χ0v) is 17.6. The first-order valence-corrected chi connectivity index (χ1v) is 10.5. The number of aryl methyl sites for hydroxylation is 1. The Kier molecular flexibility index (Phi) is 5.03. The summed E-state index contributed by atoms with van der Waals surface area (Å²) in [7, 11) is 0. The Morgan fingerprint density at radius 1 is 1.12 bits per heavy atom. The molecule has 5 rings (SSSR count). The number of nitrogens with zero attached hydrogens (tertiary/aromatic N) is 4. The molecule has 3 heterocycles. The molecule has 8 heteroatoms. The minimum atomic E-state index is -0.239. The van der Waals surface area contributed by atoms with Crippen LogP contribution < -0.4 is 15.5 Å². The lowest BCUT2D eigenvalue weighted by molar-refractivity contribution is 0.102. The zero-order chi connectivity index (χ0) is 22.1. The van der Waals surface area contributed by atoms with E-state index in [9.17, 15) is 9.59 Å². The first-order valence-electron chi connectivity index (χ1n) is 10.5. The molecule has 1 saturated heterocycles. The summed E-state index contributed by atoms with van der Waals surface area (Å²) in [6.45, 7) is 3.90. The van der Waals surface area contributed by atoms with E-state index in [1.807, 2.05) is 49.4 Å². The second-order valence-electron chi connectivity index (χ2n) is 7.50. The van der Waals surface area contributed by atoms with E-state index >= 15 is 0 Å². The second kappa shape index (κ2) is 8.14. The first-order chi connectivity index (χ1) is 15.6. The molecule has 0 atom stereocenters. The molecular weight excluding hydrogens is 404 g/mol. The molecule has 0 spiro atoms. The van der Waals surface area contributed by atoms with Gasteiger partial charge in [0.15, 0.2) is 5.65 Å². The van der Waals surface area contributed by atoms with E-state index in [0.717, 1.165) is 11.3 Å². The molecule has 32 heavy (non-hydrogen) atoms. The molecule has 2 aromatic carbocycles. The van der Waals surface area contributed by atoms with Gasteiger partial charge in [0.25, 0.3) is 5.91 Å². The van der Waals surface area contributed by atoms with Gasteiger partial charge in [0.05, 0.1) is 22.8 Å². The van der Waals surface area contributed by atoms with Gasteiger partial charge in [-0.2, -0.15) is 5.10 Å². The predicted octanol–water partition coefficient (Wildman–Crippen LogP) is 3.90. The lowest BCUT2D eigenvalue weighted by atomic mass is 10.1. The summed E-state index contributed by atoms with van der Waals surface area (Å²) in [5, 5.41) is 10.8. The fourth-order valence-electron chi connectivity index (χ4n) is 3.86. The third kappa shape index (κ3) is 3.56. The van der Waals surface area contributed by atoms with Crippen molar-refractivity contribution in [3.63, 3.8) is 0 Å². The van der Waals surface area contributed by atoms with E-state index in [-0.39, 0.29) is 11.9 Å². The highest BCUT2D eigenvalue weighted by molar-refractivity contribution is 6.12. The number of pyridine rings is 1. The fourth-order valence-corrected chi connectivity index (χ4v) is 3.86. The van der Waals surface area contributed by atoms with Gasteiger partial charge in [-0.1, -0.05) is 30.3 Å². The Hall–Kier alpha value is -4.20. The summed E-state index contributed by atoms with van der Waals surface area (Å²) in [5.74, 6) is -0.239.